The first-order chi connectivity index (χ1) is 14.2. The minimum Gasteiger partial charge on any atom is -0.419 e. The predicted octanol–water partition coefficient (Wildman–Crippen LogP) is 4.52. The van der Waals surface area contributed by atoms with Gasteiger partial charge >= 0.3 is 0 Å². The summed E-state index contributed by atoms with van der Waals surface area (Å²) in [6, 6.07) is 26.3. The molecule has 0 aliphatic rings. The minimum atomic E-state index is -0.444. The number of benzene rings is 3. The lowest BCUT2D eigenvalue weighted by Gasteiger charge is -2.18. The van der Waals surface area contributed by atoms with Crippen molar-refractivity contribution in [2.45, 2.75) is 12.6 Å². The molecule has 7 nitrogen and oxygen atoms in total. The Morgan fingerprint density at radius 1 is 0.862 bits per heavy atom. The lowest BCUT2D eigenvalue weighted by Crippen LogP contribution is -2.22. The number of rotatable bonds is 7. The van der Waals surface area contributed by atoms with Crippen LogP contribution >= 0.6 is 0 Å². The average Bonchev–Trinajstić information content (AvgIpc) is 3.24. The topological polar surface area (TPSA) is 94.1 Å². The molecular formula is C22H18N4O3. The fraction of sp³-hybridized carbons (Fsp3) is 0.0909. The normalized spacial score (nSPS) is 10.9. The summed E-state index contributed by atoms with van der Waals surface area (Å²) >= 11 is 0. The Labute approximate surface area is 167 Å². The van der Waals surface area contributed by atoms with Gasteiger partial charge in [-0.25, -0.2) is 0 Å². The molecule has 0 unspecified atom stereocenters. The number of nitro groups is 1. The third-order valence-electron chi connectivity index (χ3n) is 4.52. The summed E-state index contributed by atoms with van der Waals surface area (Å²) in [6.07, 6.45) is 0. The molecule has 0 radical (unpaired) electrons. The SMILES string of the molecule is O=[N+]([O-])c1ccc(-c2nnc(CNC(c3ccccc3)c3ccccc3)o2)cc1. The van der Waals surface area contributed by atoms with E-state index in [1.807, 2.05) is 36.4 Å². The summed E-state index contributed by atoms with van der Waals surface area (Å²) in [4.78, 5) is 10.3. The summed E-state index contributed by atoms with van der Waals surface area (Å²) in [7, 11) is 0. The van der Waals surface area contributed by atoms with E-state index in [-0.39, 0.29) is 11.7 Å². The van der Waals surface area contributed by atoms with Crippen LogP contribution in [0.2, 0.25) is 0 Å². The van der Waals surface area contributed by atoms with Gasteiger partial charge in [-0.2, -0.15) is 0 Å². The van der Waals surface area contributed by atoms with Crippen LogP contribution in [0.15, 0.2) is 89.3 Å². The van der Waals surface area contributed by atoms with Crippen LogP contribution in [-0.4, -0.2) is 15.1 Å². The van der Waals surface area contributed by atoms with Gasteiger partial charge in [-0.15, -0.1) is 10.2 Å². The first-order valence-electron chi connectivity index (χ1n) is 9.11. The Hall–Kier alpha value is -3.84. The third-order valence-corrected chi connectivity index (χ3v) is 4.52. The molecule has 0 atom stereocenters. The zero-order chi connectivity index (χ0) is 20.1. The van der Waals surface area contributed by atoms with Crippen LogP contribution in [0.4, 0.5) is 5.69 Å². The van der Waals surface area contributed by atoms with Gasteiger partial charge in [0, 0.05) is 17.7 Å². The minimum absolute atomic E-state index is 0.0173. The average molecular weight is 386 g/mol. The van der Waals surface area contributed by atoms with Crippen molar-refractivity contribution >= 4 is 5.69 Å². The van der Waals surface area contributed by atoms with E-state index in [1.54, 1.807) is 12.1 Å². The van der Waals surface area contributed by atoms with Gasteiger partial charge in [0.05, 0.1) is 17.5 Å². The Morgan fingerprint density at radius 3 is 2.00 bits per heavy atom. The number of nitrogens with zero attached hydrogens (tertiary/aromatic N) is 3. The Morgan fingerprint density at radius 2 is 1.45 bits per heavy atom. The second-order valence-electron chi connectivity index (χ2n) is 6.44. The van der Waals surface area contributed by atoms with Gasteiger partial charge in [-0.05, 0) is 23.3 Å². The van der Waals surface area contributed by atoms with Crippen molar-refractivity contribution in [1.82, 2.24) is 15.5 Å². The first-order valence-corrected chi connectivity index (χ1v) is 9.11. The van der Waals surface area contributed by atoms with Crippen LogP contribution < -0.4 is 5.32 Å². The molecule has 0 spiro atoms. The molecule has 0 amide bonds. The summed E-state index contributed by atoms with van der Waals surface area (Å²) < 4.78 is 5.74. The second-order valence-corrected chi connectivity index (χ2v) is 6.44. The van der Waals surface area contributed by atoms with E-state index in [1.165, 1.54) is 12.1 Å². The zero-order valence-electron chi connectivity index (χ0n) is 15.4. The highest BCUT2D eigenvalue weighted by atomic mass is 16.6. The fourth-order valence-corrected chi connectivity index (χ4v) is 3.08. The molecule has 144 valence electrons. The van der Waals surface area contributed by atoms with Gasteiger partial charge in [0.1, 0.15) is 0 Å². The van der Waals surface area contributed by atoms with Crippen LogP contribution in [0, 0.1) is 10.1 Å². The number of nitrogens with one attached hydrogen (secondary N) is 1. The highest BCUT2D eigenvalue weighted by molar-refractivity contribution is 5.55. The lowest BCUT2D eigenvalue weighted by atomic mass is 9.99. The molecule has 0 saturated heterocycles. The highest BCUT2D eigenvalue weighted by Crippen LogP contribution is 2.24. The Balaban J connectivity index is 1.51. The molecule has 0 fully saturated rings. The molecule has 0 aliphatic heterocycles. The summed E-state index contributed by atoms with van der Waals surface area (Å²) in [5, 5.41) is 22.4. The van der Waals surface area contributed by atoms with Gasteiger partial charge in [0.25, 0.3) is 5.69 Å². The molecule has 4 aromatic rings. The van der Waals surface area contributed by atoms with Crippen molar-refractivity contribution in [3.05, 3.63) is 112 Å². The van der Waals surface area contributed by atoms with Gasteiger partial charge in [-0.1, -0.05) is 60.7 Å². The number of hydrogen-bond donors (Lipinski definition) is 1. The molecule has 3 aromatic carbocycles. The van der Waals surface area contributed by atoms with Crippen LogP contribution in [0.5, 0.6) is 0 Å². The van der Waals surface area contributed by atoms with Crippen molar-refractivity contribution in [1.29, 1.82) is 0 Å². The van der Waals surface area contributed by atoms with Crippen LogP contribution in [0.3, 0.4) is 0 Å². The standard InChI is InChI=1S/C22H18N4O3/c27-26(28)19-13-11-18(12-14-19)22-25-24-20(29-22)15-23-21(16-7-3-1-4-8-16)17-9-5-2-6-10-17/h1-14,21,23H,15H2. The summed E-state index contributed by atoms with van der Waals surface area (Å²) in [6.45, 7) is 0.383. The molecule has 1 N–H and O–H groups in total. The molecule has 0 saturated carbocycles. The van der Waals surface area contributed by atoms with Crippen molar-refractivity contribution in [2.75, 3.05) is 0 Å². The lowest BCUT2D eigenvalue weighted by molar-refractivity contribution is -0.384. The van der Waals surface area contributed by atoms with Gasteiger partial charge < -0.3 is 4.42 Å². The second kappa shape index (κ2) is 8.45. The fourth-order valence-electron chi connectivity index (χ4n) is 3.08. The van der Waals surface area contributed by atoms with Gasteiger partial charge in [0.15, 0.2) is 0 Å². The predicted molar refractivity (Wildman–Crippen MR) is 108 cm³/mol. The van der Waals surface area contributed by atoms with E-state index in [0.717, 1.165) is 11.1 Å². The van der Waals surface area contributed by atoms with E-state index in [9.17, 15) is 10.1 Å². The molecule has 0 aliphatic carbocycles. The smallest absolute Gasteiger partial charge is 0.269 e. The summed E-state index contributed by atoms with van der Waals surface area (Å²) in [5.41, 5.74) is 2.92. The molecule has 4 rings (SSSR count). The largest absolute Gasteiger partial charge is 0.419 e. The molecule has 29 heavy (non-hydrogen) atoms. The van der Waals surface area contributed by atoms with E-state index in [0.29, 0.717) is 23.9 Å². The highest BCUT2D eigenvalue weighted by Gasteiger charge is 2.16. The van der Waals surface area contributed by atoms with E-state index < -0.39 is 4.92 Å². The number of non-ortho nitro benzene ring substituents is 1. The van der Waals surface area contributed by atoms with E-state index in [2.05, 4.69) is 39.8 Å². The number of aromatic nitrogens is 2. The Kier molecular flexibility index (Phi) is 5.40. The van der Waals surface area contributed by atoms with Crippen molar-refractivity contribution in [2.24, 2.45) is 0 Å². The Bertz CT molecular complexity index is 1040. The maximum atomic E-state index is 10.8. The van der Waals surface area contributed by atoms with Gasteiger partial charge in [-0.3, -0.25) is 15.4 Å². The molecular weight excluding hydrogens is 368 g/mol. The van der Waals surface area contributed by atoms with Crippen LogP contribution in [0.1, 0.15) is 23.1 Å². The quantitative estimate of drug-likeness (QED) is 0.371. The van der Waals surface area contributed by atoms with Crippen molar-refractivity contribution in [3.63, 3.8) is 0 Å². The van der Waals surface area contributed by atoms with E-state index >= 15 is 0 Å². The zero-order valence-corrected chi connectivity index (χ0v) is 15.4. The molecule has 1 aromatic heterocycles. The van der Waals surface area contributed by atoms with Crippen LogP contribution in [0.25, 0.3) is 11.5 Å². The third kappa shape index (κ3) is 4.36. The van der Waals surface area contributed by atoms with Crippen molar-refractivity contribution < 1.29 is 9.34 Å². The van der Waals surface area contributed by atoms with E-state index in [4.69, 9.17) is 4.42 Å². The molecule has 7 heteroatoms. The summed E-state index contributed by atoms with van der Waals surface area (Å²) in [5.74, 6) is 0.767. The molecule has 0 bridgehead atoms. The first kappa shape index (κ1) is 18.5. The number of nitro benzene ring substituents is 1. The number of hydrogen-bond acceptors (Lipinski definition) is 6. The maximum Gasteiger partial charge on any atom is 0.269 e. The van der Waals surface area contributed by atoms with Crippen LogP contribution in [-0.2, 0) is 6.54 Å². The van der Waals surface area contributed by atoms with Crippen molar-refractivity contribution in [3.8, 4) is 11.5 Å². The molecule has 1 heterocycles. The van der Waals surface area contributed by atoms with Gasteiger partial charge in [0.2, 0.25) is 11.8 Å². The maximum absolute atomic E-state index is 10.8. The monoisotopic (exact) mass is 386 g/mol.